The molecule has 1 fully saturated rings. The molecule has 122 valence electrons. The number of nitrogens with one attached hydrogen (secondary N) is 1. The Bertz CT molecular complexity index is 869. The normalized spacial score (nSPS) is 15.4. The van der Waals surface area contributed by atoms with E-state index in [4.69, 9.17) is 4.42 Å². The van der Waals surface area contributed by atoms with Crippen LogP contribution in [0.15, 0.2) is 52.9 Å². The summed E-state index contributed by atoms with van der Waals surface area (Å²) in [4.78, 5) is 16.6. The Morgan fingerprint density at radius 3 is 2.79 bits per heavy atom. The van der Waals surface area contributed by atoms with Gasteiger partial charge in [0.05, 0.1) is 12.5 Å². The van der Waals surface area contributed by atoms with Crippen molar-refractivity contribution in [2.24, 2.45) is 0 Å². The van der Waals surface area contributed by atoms with E-state index in [0.29, 0.717) is 17.2 Å². The molecular weight excluding hydrogens is 304 g/mol. The lowest BCUT2D eigenvalue weighted by molar-refractivity contribution is -0.118. The van der Waals surface area contributed by atoms with Crippen LogP contribution in [0, 0.1) is 0 Å². The van der Waals surface area contributed by atoms with Gasteiger partial charge in [-0.1, -0.05) is 30.3 Å². The first-order valence-corrected chi connectivity index (χ1v) is 8.12. The highest BCUT2D eigenvalue weighted by molar-refractivity contribution is 5.93. The van der Waals surface area contributed by atoms with Gasteiger partial charge in [0, 0.05) is 17.7 Å². The third kappa shape index (κ3) is 3.16. The molecule has 5 heteroatoms. The lowest BCUT2D eigenvalue weighted by Crippen LogP contribution is -2.15. The number of aromatic nitrogens is 1. The van der Waals surface area contributed by atoms with E-state index in [1.165, 1.54) is 0 Å². The van der Waals surface area contributed by atoms with Gasteiger partial charge in [-0.05, 0) is 30.5 Å². The predicted octanol–water partition coefficient (Wildman–Crippen LogP) is 3.77. The molecule has 2 aromatic carbocycles. The van der Waals surface area contributed by atoms with E-state index in [0.717, 1.165) is 29.8 Å². The Balaban J connectivity index is 1.44. The van der Waals surface area contributed by atoms with E-state index < -0.39 is 6.10 Å². The number of aliphatic hydroxyl groups excluding tert-OH is 1. The highest BCUT2D eigenvalue weighted by atomic mass is 16.3. The fraction of sp³-hybridized carbons (Fsp3) is 0.263. The van der Waals surface area contributed by atoms with Crippen molar-refractivity contribution in [2.45, 2.75) is 31.3 Å². The third-order valence-electron chi connectivity index (χ3n) is 4.18. The highest BCUT2D eigenvalue weighted by Crippen LogP contribution is 2.40. The Kier molecular flexibility index (Phi) is 3.78. The van der Waals surface area contributed by atoms with E-state index in [-0.39, 0.29) is 12.3 Å². The molecule has 0 spiro atoms. The summed E-state index contributed by atoms with van der Waals surface area (Å²) in [7, 11) is 0. The monoisotopic (exact) mass is 322 g/mol. The Morgan fingerprint density at radius 2 is 2.04 bits per heavy atom. The van der Waals surface area contributed by atoms with Crippen LogP contribution >= 0.6 is 0 Å². The van der Waals surface area contributed by atoms with Gasteiger partial charge in [-0.15, -0.1) is 0 Å². The van der Waals surface area contributed by atoms with Crippen molar-refractivity contribution in [1.82, 2.24) is 4.98 Å². The summed E-state index contributed by atoms with van der Waals surface area (Å²) in [5.41, 5.74) is 2.86. The zero-order chi connectivity index (χ0) is 16.5. The predicted molar refractivity (Wildman–Crippen MR) is 90.6 cm³/mol. The van der Waals surface area contributed by atoms with Crippen LogP contribution in [0.5, 0.6) is 0 Å². The van der Waals surface area contributed by atoms with E-state index >= 15 is 0 Å². The molecule has 1 saturated carbocycles. The van der Waals surface area contributed by atoms with Crippen LogP contribution in [0.25, 0.3) is 11.1 Å². The maximum absolute atomic E-state index is 12.1. The van der Waals surface area contributed by atoms with E-state index in [1.54, 1.807) is 24.3 Å². The Hall–Kier alpha value is -2.66. The van der Waals surface area contributed by atoms with Gasteiger partial charge < -0.3 is 14.8 Å². The van der Waals surface area contributed by atoms with E-state index in [1.807, 2.05) is 24.3 Å². The van der Waals surface area contributed by atoms with Crippen LogP contribution in [0.1, 0.15) is 42.7 Å². The molecule has 5 nitrogen and oxygen atoms in total. The molecular formula is C19H18N2O3. The summed E-state index contributed by atoms with van der Waals surface area (Å²) in [5, 5.41) is 12.9. The number of hydrogen-bond acceptors (Lipinski definition) is 4. The van der Waals surface area contributed by atoms with Crippen LogP contribution in [0.2, 0.25) is 0 Å². The zero-order valence-electron chi connectivity index (χ0n) is 13.1. The van der Waals surface area contributed by atoms with Crippen molar-refractivity contribution >= 4 is 22.7 Å². The van der Waals surface area contributed by atoms with Crippen LogP contribution in [-0.4, -0.2) is 16.0 Å². The summed E-state index contributed by atoms with van der Waals surface area (Å²) in [6.45, 7) is 0. The maximum Gasteiger partial charge on any atom is 0.227 e. The molecule has 0 aliphatic heterocycles. The van der Waals surface area contributed by atoms with Crippen LogP contribution in [0.3, 0.4) is 0 Å². The first-order chi connectivity index (χ1) is 11.7. The summed E-state index contributed by atoms with van der Waals surface area (Å²) in [6.07, 6.45) is 1.45. The van der Waals surface area contributed by atoms with Crippen molar-refractivity contribution in [2.75, 3.05) is 5.32 Å². The Morgan fingerprint density at radius 1 is 1.25 bits per heavy atom. The molecule has 1 aromatic heterocycles. The maximum atomic E-state index is 12.1. The minimum absolute atomic E-state index is 0.00573. The average molecular weight is 322 g/mol. The quantitative estimate of drug-likeness (QED) is 0.750. The fourth-order valence-corrected chi connectivity index (χ4v) is 2.71. The van der Waals surface area contributed by atoms with Crippen molar-refractivity contribution in [3.8, 4) is 0 Å². The van der Waals surface area contributed by atoms with Gasteiger partial charge in [-0.3, -0.25) is 4.79 Å². The Labute approximate surface area is 139 Å². The number of anilines is 1. The molecule has 1 aliphatic rings. The van der Waals surface area contributed by atoms with Crippen LogP contribution < -0.4 is 5.32 Å². The first kappa shape index (κ1) is 14.9. The summed E-state index contributed by atoms with van der Waals surface area (Å²) in [5.74, 6) is 0.997. The molecule has 1 unspecified atom stereocenters. The number of nitrogens with zero attached hydrogens (tertiary/aromatic N) is 1. The molecule has 0 saturated heterocycles. The molecule has 3 aromatic rings. The number of aliphatic hydroxyl groups is 1. The number of carbonyl (C=O) groups excluding carboxylic acids is 1. The highest BCUT2D eigenvalue weighted by Gasteiger charge is 2.28. The van der Waals surface area contributed by atoms with Crippen molar-refractivity contribution < 1.29 is 14.3 Å². The fourth-order valence-electron chi connectivity index (χ4n) is 2.71. The molecule has 0 bridgehead atoms. The number of carbonyl (C=O) groups is 1. The molecule has 1 amide bonds. The molecule has 1 aliphatic carbocycles. The van der Waals surface area contributed by atoms with Gasteiger partial charge in [0.2, 0.25) is 5.91 Å². The minimum atomic E-state index is -0.818. The standard InChI is InChI=1S/C19H18N2O3/c22-16(12-4-2-1-3-5-12)11-18(23)20-14-8-9-15-17(10-14)24-19(21-15)13-6-7-13/h1-5,8-10,13,16,22H,6-7,11H2,(H,20,23). The van der Waals surface area contributed by atoms with Crippen LogP contribution in [-0.2, 0) is 4.79 Å². The average Bonchev–Trinajstić information content (AvgIpc) is 3.35. The van der Waals surface area contributed by atoms with Gasteiger partial charge in [-0.25, -0.2) is 4.98 Å². The second-order valence-corrected chi connectivity index (χ2v) is 6.19. The number of hydrogen-bond donors (Lipinski definition) is 2. The topological polar surface area (TPSA) is 75.4 Å². The van der Waals surface area contributed by atoms with Crippen LogP contribution in [0.4, 0.5) is 5.69 Å². The minimum Gasteiger partial charge on any atom is -0.440 e. The molecule has 2 N–H and O–H groups in total. The smallest absolute Gasteiger partial charge is 0.227 e. The second kappa shape index (κ2) is 6.09. The SMILES string of the molecule is O=C(CC(O)c1ccccc1)Nc1ccc2nc(C3CC3)oc2c1. The van der Waals surface area contributed by atoms with Gasteiger partial charge >= 0.3 is 0 Å². The molecule has 4 rings (SSSR count). The second-order valence-electron chi connectivity index (χ2n) is 6.19. The summed E-state index contributed by atoms with van der Waals surface area (Å²) >= 11 is 0. The molecule has 24 heavy (non-hydrogen) atoms. The van der Waals surface area contributed by atoms with Crippen molar-refractivity contribution in [1.29, 1.82) is 0 Å². The van der Waals surface area contributed by atoms with E-state index in [2.05, 4.69) is 10.3 Å². The molecule has 0 radical (unpaired) electrons. The number of amides is 1. The number of rotatable bonds is 5. The zero-order valence-corrected chi connectivity index (χ0v) is 13.1. The van der Waals surface area contributed by atoms with Crippen molar-refractivity contribution in [3.05, 3.63) is 60.0 Å². The number of fused-ring (bicyclic) bond motifs is 1. The van der Waals surface area contributed by atoms with Crippen molar-refractivity contribution in [3.63, 3.8) is 0 Å². The van der Waals surface area contributed by atoms with Gasteiger partial charge in [-0.2, -0.15) is 0 Å². The third-order valence-corrected chi connectivity index (χ3v) is 4.18. The van der Waals surface area contributed by atoms with E-state index in [9.17, 15) is 9.90 Å². The summed E-state index contributed by atoms with van der Waals surface area (Å²) in [6, 6.07) is 14.6. The van der Waals surface area contributed by atoms with Gasteiger partial charge in [0.25, 0.3) is 0 Å². The summed E-state index contributed by atoms with van der Waals surface area (Å²) < 4.78 is 5.75. The number of oxazole rings is 1. The van der Waals surface area contributed by atoms with Gasteiger partial charge in [0.15, 0.2) is 11.5 Å². The largest absolute Gasteiger partial charge is 0.440 e. The first-order valence-electron chi connectivity index (χ1n) is 8.12. The number of benzene rings is 2. The molecule has 1 atom stereocenters. The molecule has 1 heterocycles. The lowest BCUT2D eigenvalue weighted by Gasteiger charge is -2.11. The van der Waals surface area contributed by atoms with Gasteiger partial charge in [0.1, 0.15) is 5.52 Å². The lowest BCUT2D eigenvalue weighted by atomic mass is 10.1.